The number of hydrogen-bond acceptors (Lipinski definition) is 2. The molecule has 0 radical (unpaired) electrons. The van der Waals surface area contributed by atoms with Gasteiger partial charge in [-0.05, 0) is 31.9 Å². The highest BCUT2D eigenvalue weighted by Gasteiger charge is 2.39. The van der Waals surface area contributed by atoms with Crippen LogP contribution in [0.3, 0.4) is 0 Å². The number of carbonyl (C=O) groups is 1. The third kappa shape index (κ3) is 3.83. The average Bonchev–Trinajstić information content (AvgIpc) is 2.70. The Kier molecular flexibility index (Phi) is 5.77. The molecule has 1 aromatic carbocycles. The van der Waals surface area contributed by atoms with Crippen LogP contribution in [0.4, 0.5) is 4.39 Å². The van der Waals surface area contributed by atoms with Crippen LogP contribution >= 0.6 is 11.6 Å². The van der Waals surface area contributed by atoms with Gasteiger partial charge in [0.05, 0.1) is 0 Å². The second kappa shape index (κ2) is 7.37. The third-order valence-corrected chi connectivity index (χ3v) is 4.59. The van der Waals surface area contributed by atoms with E-state index in [4.69, 9.17) is 16.3 Å². The molecule has 1 aliphatic carbocycles. The van der Waals surface area contributed by atoms with E-state index in [1.165, 1.54) is 6.07 Å². The molecule has 2 rings (SSSR count). The molecule has 0 aliphatic heterocycles. The third-order valence-electron chi connectivity index (χ3n) is 4.24. The highest BCUT2D eigenvalue weighted by molar-refractivity contribution is 6.31. The van der Waals surface area contributed by atoms with Crippen molar-refractivity contribution in [2.75, 3.05) is 6.61 Å². The summed E-state index contributed by atoms with van der Waals surface area (Å²) in [6.07, 6.45) is 5.68. The quantitative estimate of drug-likeness (QED) is 0.735. The molecule has 1 aliphatic rings. The van der Waals surface area contributed by atoms with Gasteiger partial charge in [-0.15, -0.1) is 0 Å². The predicted octanol–water partition coefficient (Wildman–Crippen LogP) is 4.72. The van der Waals surface area contributed by atoms with Crippen molar-refractivity contribution in [3.63, 3.8) is 0 Å². The fraction of sp³-hybridized carbons (Fsp3) is 0.588. The maximum Gasteiger partial charge on any atom is 0.169 e. The number of carbonyl (C=O) groups excluding carboxylic acids is 1. The lowest BCUT2D eigenvalue weighted by molar-refractivity contribution is -0.145. The number of rotatable bonds is 5. The number of ketones is 1. The van der Waals surface area contributed by atoms with Gasteiger partial charge in [0.1, 0.15) is 11.4 Å². The summed E-state index contributed by atoms with van der Waals surface area (Å²) in [5, 5.41) is 0.309. The molecule has 0 amide bonds. The molecule has 116 valence electrons. The summed E-state index contributed by atoms with van der Waals surface area (Å²) in [5.41, 5.74) is -0.468. The van der Waals surface area contributed by atoms with Gasteiger partial charge in [0, 0.05) is 23.6 Å². The summed E-state index contributed by atoms with van der Waals surface area (Å²) in [5.74, 6) is -0.464. The Bertz CT molecular complexity index is 473. The van der Waals surface area contributed by atoms with Gasteiger partial charge in [0.15, 0.2) is 5.78 Å². The van der Waals surface area contributed by atoms with Crippen LogP contribution in [0.15, 0.2) is 18.2 Å². The van der Waals surface area contributed by atoms with Crippen LogP contribution in [0.5, 0.6) is 0 Å². The van der Waals surface area contributed by atoms with E-state index in [1.807, 2.05) is 6.92 Å². The summed E-state index contributed by atoms with van der Waals surface area (Å²) in [6.45, 7) is 2.40. The Morgan fingerprint density at radius 2 is 1.95 bits per heavy atom. The van der Waals surface area contributed by atoms with Crippen LogP contribution in [0.2, 0.25) is 5.02 Å². The Morgan fingerprint density at radius 3 is 2.52 bits per heavy atom. The summed E-state index contributed by atoms with van der Waals surface area (Å²) in [6, 6.07) is 4.51. The molecule has 0 heterocycles. The molecule has 4 heteroatoms. The van der Waals surface area contributed by atoms with Gasteiger partial charge in [-0.2, -0.15) is 0 Å². The van der Waals surface area contributed by atoms with Crippen LogP contribution in [-0.2, 0) is 16.0 Å². The molecule has 0 atom stereocenters. The first kappa shape index (κ1) is 16.4. The van der Waals surface area contributed by atoms with Gasteiger partial charge in [-0.25, -0.2) is 4.39 Å². The first-order valence-electron chi connectivity index (χ1n) is 7.69. The maximum atomic E-state index is 13.9. The van der Waals surface area contributed by atoms with Crippen LogP contribution in [0.1, 0.15) is 51.0 Å². The molecule has 2 nitrogen and oxygen atoms in total. The minimum absolute atomic E-state index is 0.00546. The van der Waals surface area contributed by atoms with Gasteiger partial charge >= 0.3 is 0 Å². The standard InChI is InChI=1S/C17H22ClFO2/c1-2-21-17(10-5-3-4-6-11-17)16(20)12-13-14(18)8-7-9-15(13)19/h7-9H,2-6,10-12H2,1H3. The molecule has 0 N–H and O–H groups in total. The number of ether oxygens (including phenoxy) is 1. The predicted molar refractivity (Wildman–Crippen MR) is 82.2 cm³/mol. The van der Waals surface area contributed by atoms with E-state index in [0.29, 0.717) is 11.6 Å². The highest BCUT2D eigenvalue weighted by Crippen LogP contribution is 2.33. The number of hydrogen-bond donors (Lipinski definition) is 0. The van der Waals surface area contributed by atoms with Crippen molar-refractivity contribution in [3.05, 3.63) is 34.6 Å². The van der Waals surface area contributed by atoms with Gasteiger partial charge in [-0.3, -0.25) is 4.79 Å². The molecule has 0 saturated heterocycles. The molecule has 0 bridgehead atoms. The van der Waals surface area contributed by atoms with E-state index in [0.717, 1.165) is 38.5 Å². The second-order valence-electron chi connectivity index (χ2n) is 5.64. The van der Waals surface area contributed by atoms with Gasteiger partial charge in [0.25, 0.3) is 0 Å². The summed E-state index contributed by atoms with van der Waals surface area (Å²) < 4.78 is 19.7. The van der Waals surface area contributed by atoms with Crippen LogP contribution in [-0.4, -0.2) is 18.0 Å². The lowest BCUT2D eigenvalue weighted by Crippen LogP contribution is -2.42. The molecule has 1 aromatic rings. The monoisotopic (exact) mass is 312 g/mol. The van der Waals surface area contributed by atoms with Gasteiger partial charge < -0.3 is 4.74 Å². The van der Waals surface area contributed by atoms with Crippen molar-refractivity contribution in [1.82, 2.24) is 0 Å². The fourth-order valence-corrected chi connectivity index (χ4v) is 3.33. The molecule has 1 saturated carbocycles. The normalized spacial score (nSPS) is 18.2. The van der Waals surface area contributed by atoms with E-state index < -0.39 is 11.4 Å². The van der Waals surface area contributed by atoms with E-state index in [1.54, 1.807) is 12.1 Å². The molecule has 0 unspecified atom stereocenters. The largest absolute Gasteiger partial charge is 0.367 e. The van der Waals surface area contributed by atoms with Crippen molar-refractivity contribution in [3.8, 4) is 0 Å². The highest BCUT2D eigenvalue weighted by atomic mass is 35.5. The maximum absolute atomic E-state index is 13.9. The molecule has 0 aromatic heterocycles. The van der Waals surface area contributed by atoms with E-state index in [-0.39, 0.29) is 17.8 Å². The lowest BCUT2D eigenvalue weighted by Gasteiger charge is -2.31. The number of halogens is 2. The zero-order chi connectivity index (χ0) is 15.3. The zero-order valence-electron chi connectivity index (χ0n) is 12.5. The molecular formula is C17H22ClFO2. The van der Waals surface area contributed by atoms with Crippen LogP contribution < -0.4 is 0 Å². The van der Waals surface area contributed by atoms with E-state index in [9.17, 15) is 9.18 Å². The smallest absolute Gasteiger partial charge is 0.169 e. The lowest BCUT2D eigenvalue weighted by atomic mass is 9.86. The van der Waals surface area contributed by atoms with E-state index >= 15 is 0 Å². The van der Waals surface area contributed by atoms with Crippen LogP contribution in [0.25, 0.3) is 0 Å². The van der Waals surface area contributed by atoms with Crippen molar-refractivity contribution in [1.29, 1.82) is 0 Å². The van der Waals surface area contributed by atoms with Crippen LogP contribution in [0, 0.1) is 5.82 Å². The van der Waals surface area contributed by atoms with E-state index in [2.05, 4.69) is 0 Å². The van der Waals surface area contributed by atoms with Crippen molar-refractivity contribution >= 4 is 17.4 Å². The Balaban J connectivity index is 2.22. The minimum atomic E-state index is -0.753. The Morgan fingerprint density at radius 1 is 1.29 bits per heavy atom. The van der Waals surface area contributed by atoms with Crippen molar-refractivity contribution in [2.24, 2.45) is 0 Å². The Labute approximate surface area is 130 Å². The molecule has 1 fully saturated rings. The van der Waals surface area contributed by atoms with Gasteiger partial charge in [0.2, 0.25) is 0 Å². The first-order chi connectivity index (χ1) is 10.1. The minimum Gasteiger partial charge on any atom is -0.367 e. The molecular weight excluding hydrogens is 291 g/mol. The van der Waals surface area contributed by atoms with Crippen molar-refractivity contribution in [2.45, 2.75) is 57.5 Å². The van der Waals surface area contributed by atoms with Crippen molar-refractivity contribution < 1.29 is 13.9 Å². The SMILES string of the molecule is CCOC1(C(=O)Cc2c(F)cccc2Cl)CCCCCC1. The zero-order valence-corrected chi connectivity index (χ0v) is 13.2. The first-order valence-corrected chi connectivity index (χ1v) is 8.07. The molecule has 21 heavy (non-hydrogen) atoms. The fourth-order valence-electron chi connectivity index (χ4n) is 3.10. The Hall–Kier alpha value is -0.930. The summed E-state index contributed by atoms with van der Waals surface area (Å²) >= 11 is 6.03. The summed E-state index contributed by atoms with van der Waals surface area (Å²) in [7, 11) is 0. The van der Waals surface area contributed by atoms with Gasteiger partial charge in [-0.1, -0.05) is 43.4 Å². The molecule has 0 spiro atoms. The topological polar surface area (TPSA) is 26.3 Å². The number of benzene rings is 1. The second-order valence-corrected chi connectivity index (χ2v) is 6.05. The number of Topliss-reactive ketones (excluding diaryl/α,β-unsaturated/α-hetero) is 1. The summed E-state index contributed by atoms with van der Waals surface area (Å²) in [4.78, 5) is 12.8. The average molecular weight is 313 g/mol.